The molecule has 0 amide bonds. The van der Waals surface area contributed by atoms with Crippen LogP contribution in [0.15, 0.2) is 39.9 Å². The van der Waals surface area contributed by atoms with E-state index >= 15 is 0 Å². The molecule has 23 heavy (non-hydrogen) atoms. The molecule has 0 radical (unpaired) electrons. The lowest BCUT2D eigenvalue weighted by atomic mass is 10.2. The second kappa shape index (κ2) is 6.11. The number of rotatable bonds is 3. The van der Waals surface area contributed by atoms with E-state index in [-0.39, 0.29) is 11.2 Å². The maximum Gasteiger partial charge on any atom is 0.432 e. The maximum absolute atomic E-state index is 13.1. The van der Waals surface area contributed by atoms with E-state index < -0.39 is 34.7 Å². The van der Waals surface area contributed by atoms with Crippen LogP contribution in [0.3, 0.4) is 0 Å². The van der Waals surface area contributed by atoms with Crippen LogP contribution in [0, 0.1) is 0 Å². The smallest absolute Gasteiger partial charge is 0.432 e. The number of halogens is 3. The molecule has 1 N–H and O–H groups in total. The number of nitrogens with zero attached hydrogens (tertiary/aromatic N) is 1. The summed E-state index contributed by atoms with van der Waals surface area (Å²) in [6.07, 6.45) is -5.07. The van der Waals surface area contributed by atoms with Crippen LogP contribution in [0.25, 0.3) is 0 Å². The van der Waals surface area contributed by atoms with Gasteiger partial charge in [-0.3, -0.25) is 14.3 Å². The highest BCUT2D eigenvalue weighted by Crippen LogP contribution is 2.29. The Kier molecular flexibility index (Phi) is 4.39. The summed E-state index contributed by atoms with van der Waals surface area (Å²) in [4.78, 5) is 36.5. The first-order valence-electron chi connectivity index (χ1n) is 6.33. The molecule has 0 spiro atoms. The standard InChI is InChI=1S/C14H11F3N2O4/c1-19-10(14(15,16)17)9(11(20)18-13(19)22)12(21)23-7-8-5-3-2-4-6-8/h2-6H,7H2,1H3,(H,18,20,22). The number of aromatic nitrogens is 2. The first-order chi connectivity index (χ1) is 10.7. The molecule has 0 bridgehead atoms. The molecule has 0 atom stereocenters. The number of H-pyrrole nitrogens is 1. The van der Waals surface area contributed by atoms with Crippen molar-refractivity contribution in [3.8, 4) is 0 Å². The molecule has 6 nitrogen and oxygen atoms in total. The number of hydrogen-bond donors (Lipinski definition) is 1. The number of ether oxygens (including phenoxy) is 1. The molecule has 0 aliphatic heterocycles. The highest BCUT2D eigenvalue weighted by Gasteiger charge is 2.40. The van der Waals surface area contributed by atoms with Crippen molar-refractivity contribution in [1.29, 1.82) is 0 Å². The molecular weight excluding hydrogens is 317 g/mol. The van der Waals surface area contributed by atoms with Crippen molar-refractivity contribution in [3.63, 3.8) is 0 Å². The summed E-state index contributed by atoms with van der Waals surface area (Å²) in [5.74, 6) is -1.46. The Morgan fingerprint density at radius 2 is 1.83 bits per heavy atom. The van der Waals surface area contributed by atoms with Gasteiger partial charge in [0.05, 0.1) is 0 Å². The monoisotopic (exact) mass is 328 g/mol. The number of benzene rings is 1. The van der Waals surface area contributed by atoms with Crippen molar-refractivity contribution in [2.24, 2.45) is 7.05 Å². The van der Waals surface area contributed by atoms with Crippen molar-refractivity contribution in [2.45, 2.75) is 12.8 Å². The molecule has 2 rings (SSSR count). The van der Waals surface area contributed by atoms with E-state index in [1.165, 1.54) is 0 Å². The second-order valence-corrected chi connectivity index (χ2v) is 4.60. The van der Waals surface area contributed by atoms with E-state index in [1.807, 2.05) is 0 Å². The molecule has 1 aromatic carbocycles. The Labute approximate surface area is 127 Å². The van der Waals surface area contributed by atoms with Crippen molar-refractivity contribution in [2.75, 3.05) is 0 Å². The summed E-state index contributed by atoms with van der Waals surface area (Å²) >= 11 is 0. The molecule has 122 valence electrons. The highest BCUT2D eigenvalue weighted by atomic mass is 19.4. The minimum Gasteiger partial charge on any atom is -0.457 e. The van der Waals surface area contributed by atoms with Gasteiger partial charge in [-0.2, -0.15) is 13.2 Å². The fourth-order valence-electron chi connectivity index (χ4n) is 1.94. The highest BCUT2D eigenvalue weighted by molar-refractivity contribution is 5.90. The predicted molar refractivity (Wildman–Crippen MR) is 72.9 cm³/mol. The zero-order valence-electron chi connectivity index (χ0n) is 11.8. The molecule has 0 aliphatic rings. The number of nitrogens with one attached hydrogen (secondary N) is 1. The Morgan fingerprint density at radius 3 is 2.39 bits per heavy atom. The van der Waals surface area contributed by atoms with Crippen molar-refractivity contribution < 1.29 is 22.7 Å². The summed E-state index contributed by atoms with van der Waals surface area (Å²) in [7, 11) is 0.801. The van der Waals surface area contributed by atoms with E-state index in [4.69, 9.17) is 4.74 Å². The predicted octanol–water partition coefficient (Wildman–Crippen LogP) is 1.45. The van der Waals surface area contributed by atoms with Gasteiger partial charge in [-0.05, 0) is 5.56 Å². The molecule has 0 fully saturated rings. The number of esters is 1. The third-order valence-corrected chi connectivity index (χ3v) is 3.01. The zero-order chi connectivity index (χ0) is 17.2. The average molecular weight is 328 g/mol. The Morgan fingerprint density at radius 1 is 1.22 bits per heavy atom. The molecule has 1 heterocycles. The summed E-state index contributed by atoms with van der Waals surface area (Å²) < 4.78 is 44.1. The summed E-state index contributed by atoms with van der Waals surface area (Å²) in [5, 5.41) is 0. The average Bonchev–Trinajstić information content (AvgIpc) is 2.48. The van der Waals surface area contributed by atoms with Crippen molar-refractivity contribution >= 4 is 5.97 Å². The normalized spacial score (nSPS) is 11.3. The van der Waals surface area contributed by atoms with Crippen LogP contribution >= 0.6 is 0 Å². The Bertz CT molecular complexity index is 838. The molecule has 0 unspecified atom stereocenters. The van der Waals surface area contributed by atoms with Crippen LogP contribution in [-0.4, -0.2) is 15.5 Å². The van der Waals surface area contributed by atoms with Gasteiger partial charge < -0.3 is 4.74 Å². The van der Waals surface area contributed by atoms with Crippen LogP contribution in [0.5, 0.6) is 0 Å². The minimum atomic E-state index is -5.07. The number of hydrogen-bond acceptors (Lipinski definition) is 4. The van der Waals surface area contributed by atoms with Gasteiger partial charge in [-0.15, -0.1) is 0 Å². The third-order valence-electron chi connectivity index (χ3n) is 3.01. The molecular formula is C14H11F3N2O4. The van der Waals surface area contributed by atoms with Crippen LogP contribution in [-0.2, 0) is 24.6 Å². The largest absolute Gasteiger partial charge is 0.457 e. The van der Waals surface area contributed by atoms with Crippen LogP contribution in [0.1, 0.15) is 21.6 Å². The van der Waals surface area contributed by atoms with E-state index in [2.05, 4.69) is 0 Å². The Hall–Kier alpha value is -2.84. The van der Waals surface area contributed by atoms with Crippen LogP contribution in [0.2, 0.25) is 0 Å². The summed E-state index contributed by atoms with van der Waals surface area (Å²) in [6, 6.07) is 8.23. The fourth-order valence-corrected chi connectivity index (χ4v) is 1.94. The van der Waals surface area contributed by atoms with Crippen molar-refractivity contribution in [1.82, 2.24) is 9.55 Å². The van der Waals surface area contributed by atoms with Gasteiger partial charge in [0.15, 0.2) is 5.56 Å². The van der Waals surface area contributed by atoms with E-state index in [0.717, 1.165) is 7.05 Å². The lowest BCUT2D eigenvalue weighted by molar-refractivity contribution is -0.144. The topological polar surface area (TPSA) is 81.2 Å². The van der Waals surface area contributed by atoms with Crippen LogP contribution < -0.4 is 11.2 Å². The van der Waals surface area contributed by atoms with E-state index in [0.29, 0.717) is 5.56 Å². The minimum absolute atomic E-state index is 0.153. The van der Waals surface area contributed by atoms with Gasteiger partial charge in [0.2, 0.25) is 0 Å². The molecule has 0 saturated carbocycles. The van der Waals surface area contributed by atoms with Gasteiger partial charge in [0.25, 0.3) is 5.56 Å². The number of carbonyl (C=O) groups is 1. The van der Waals surface area contributed by atoms with Gasteiger partial charge >= 0.3 is 17.8 Å². The SMILES string of the molecule is Cn1c(C(F)(F)F)c(C(=O)OCc2ccccc2)c(=O)[nH]c1=O. The molecule has 0 aliphatic carbocycles. The molecule has 0 saturated heterocycles. The lowest BCUT2D eigenvalue weighted by Crippen LogP contribution is -2.39. The van der Waals surface area contributed by atoms with Crippen LogP contribution in [0.4, 0.5) is 13.2 Å². The molecule has 2 aromatic rings. The first kappa shape index (κ1) is 16.5. The van der Waals surface area contributed by atoms with Gasteiger partial charge in [-0.25, -0.2) is 9.59 Å². The first-order valence-corrected chi connectivity index (χ1v) is 6.33. The maximum atomic E-state index is 13.1. The van der Waals surface area contributed by atoms with Crippen molar-refractivity contribution in [3.05, 3.63) is 68.0 Å². The van der Waals surface area contributed by atoms with Gasteiger partial charge in [-0.1, -0.05) is 30.3 Å². The van der Waals surface area contributed by atoms with E-state index in [1.54, 1.807) is 35.3 Å². The Balaban J connectivity index is 2.42. The summed E-state index contributed by atoms with van der Waals surface area (Å²) in [5.41, 5.74) is -5.09. The zero-order valence-corrected chi connectivity index (χ0v) is 11.8. The molecule has 9 heteroatoms. The van der Waals surface area contributed by atoms with Gasteiger partial charge in [0, 0.05) is 7.05 Å². The van der Waals surface area contributed by atoms with E-state index in [9.17, 15) is 27.6 Å². The quantitative estimate of drug-likeness (QED) is 0.865. The summed E-state index contributed by atoms with van der Waals surface area (Å²) in [6.45, 7) is -0.306. The second-order valence-electron chi connectivity index (χ2n) is 4.60. The lowest BCUT2D eigenvalue weighted by Gasteiger charge is -2.14. The third kappa shape index (κ3) is 3.50. The number of carbonyl (C=O) groups excluding carboxylic acids is 1. The number of aromatic amines is 1. The van der Waals surface area contributed by atoms with Gasteiger partial charge in [0.1, 0.15) is 12.3 Å². The fraction of sp³-hybridized carbons (Fsp3) is 0.214. The number of alkyl halides is 3. The molecule has 1 aromatic heterocycles.